The van der Waals surface area contributed by atoms with Gasteiger partial charge in [0.2, 0.25) is 17.7 Å². The van der Waals surface area contributed by atoms with Crippen molar-refractivity contribution >= 4 is 29.1 Å². The number of likely N-dealkylation sites (tertiary alicyclic amines) is 1. The Morgan fingerprint density at radius 3 is 2.32 bits per heavy atom. The predicted molar refractivity (Wildman–Crippen MR) is 133 cm³/mol. The van der Waals surface area contributed by atoms with Crippen LogP contribution in [-0.4, -0.2) is 67.4 Å². The van der Waals surface area contributed by atoms with Crippen LogP contribution in [0.4, 0.5) is 11.4 Å². The largest absolute Gasteiger partial charge is 0.495 e. The molecule has 2 N–H and O–H groups in total. The number of piperidine rings is 1. The molecule has 182 valence electrons. The molecule has 0 atom stereocenters. The number of nitrogens with zero attached hydrogens (tertiary/aromatic N) is 2. The maximum absolute atomic E-state index is 12.9. The molecule has 1 saturated heterocycles. The summed E-state index contributed by atoms with van der Waals surface area (Å²) in [6.07, 6.45) is 2.09. The highest BCUT2D eigenvalue weighted by molar-refractivity contribution is 5.94. The molecule has 0 aliphatic carbocycles. The fourth-order valence-corrected chi connectivity index (χ4v) is 4.12. The van der Waals surface area contributed by atoms with Crippen LogP contribution < -0.4 is 15.4 Å². The number of amides is 3. The molecule has 1 aliphatic heterocycles. The topological polar surface area (TPSA) is 91.0 Å². The highest BCUT2D eigenvalue weighted by atomic mass is 16.5. The zero-order valence-electron chi connectivity index (χ0n) is 20.0. The third-order valence-electron chi connectivity index (χ3n) is 5.91. The van der Waals surface area contributed by atoms with Crippen molar-refractivity contribution in [2.75, 3.05) is 50.5 Å². The van der Waals surface area contributed by atoms with Crippen molar-refractivity contribution in [3.05, 3.63) is 54.6 Å². The van der Waals surface area contributed by atoms with Gasteiger partial charge in [0.15, 0.2) is 0 Å². The number of rotatable bonds is 10. The minimum absolute atomic E-state index is 0.00100. The van der Waals surface area contributed by atoms with Gasteiger partial charge in [-0.2, -0.15) is 0 Å². The van der Waals surface area contributed by atoms with Gasteiger partial charge in [0, 0.05) is 24.7 Å². The van der Waals surface area contributed by atoms with E-state index in [9.17, 15) is 14.4 Å². The van der Waals surface area contributed by atoms with Crippen LogP contribution in [0.5, 0.6) is 5.75 Å². The Kier molecular flexibility index (Phi) is 9.46. The molecule has 34 heavy (non-hydrogen) atoms. The summed E-state index contributed by atoms with van der Waals surface area (Å²) in [7, 11) is 1.56. The van der Waals surface area contributed by atoms with Gasteiger partial charge < -0.3 is 20.3 Å². The molecular weight excluding hydrogens is 432 g/mol. The third-order valence-corrected chi connectivity index (χ3v) is 5.91. The standard InChI is InChI=1S/C26H34N4O4/c1-3-15-29(18-24(31)28-22-11-7-8-12-23(22)34-2)19-25(32)30-16-13-20(14-17-30)26(33)27-21-9-5-4-6-10-21/h4-12,20H,3,13-19H2,1-2H3,(H,27,33)(H,28,31). The van der Waals surface area contributed by atoms with Crippen LogP contribution in [0.15, 0.2) is 54.6 Å². The van der Waals surface area contributed by atoms with Crippen molar-refractivity contribution < 1.29 is 19.1 Å². The van der Waals surface area contributed by atoms with Crippen molar-refractivity contribution in [1.82, 2.24) is 9.80 Å². The molecule has 1 fully saturated rings. The number of para-hydroxylation sites is 3. The van der Waals surface area contributed by atoms with Gasteiger partial charge in [-0.05, 0) is 50.1 Å². The van der Waals surface area contributed by atoms with Crippen LogP contribution in [0.3, 0.4) is 0 Å². The van der Waals surface area contributed by atoms with Crippen LogP contribution in [0.25, 0.3) is 0 Å². The van der Waals surface area contributed by atoms with E-state index in [1.165, 1.54) is 0 Å². The number of hydrogen-bond donors (Lipinski definition) is 2. The smallest absolute Gasteiger partial charge is 0.238 e. The first-order chi connectivity index (χ1) is 16.5. The summed E-state index contributed by atoms with van der Waals surface area (Å²) in [6.45, 7) is 4.04. The van der Waals surface area contributed by atoms with Gasteiger partial charge in [-0.3, -0.25) is 19.3 Å². The number of benzene rings is 2. The number of methoxy groups -OCH3 is 1. The van der Waals surface area contributed by atoms with Crippen molar-refractivity contribution in [3.63, 3.8) is 0 Å². The lowest BCUT2D eigenvalue weighted by Crippen LogP contribution is -2.47. The van der Waals surface area contributed by atoms with E-state index in [0.29, 0.717) is 43.9 Å². The van der Waals surface area contributed by atoms with Gasteiger partial charge in [-0.25, -0.2) is 0 Å². The fraction of sp³-hybridized carbons (Fsp3) is 0.423. The Hall–Kier alpha value is -3.39. The van der Waals surface area contributed by atoms with E-state index >= 15 is 0 Å². The molecule has 0 saturated carbocycles. The van der Waals surface area contributed by atoms with Crippen molar-refractivity contribution in [1.29, 1.82) is 0 Å². The highest BCUT2D eigenvalue weighted by Crippen LogP contribution is 2.23. The molecule has 1 heterocycles. The van der Waals surface area contributed by atoms with Gasteiger partial charge in [0.05, 0.1) is 25.9 Å². The molecule has 2 aromatic rings. The minimum atomic E-state index is -0.193. The van der Waals surface area contributed by atoms with E-state index < -0.39 is 0 Å². The second-order valence-electron chi connectivity index (χ2n) is 8.47. The van der Waals surface area contributed by atoms with Crippen LogP contribution in [-0.2, 0) is 14.4 Å². The SMILES string of the molecule is CCCN(CC(=O)Nc1ccccc1OC)CC(=O)N1CCC(C(=O)Nc2ccccc2)CC1. The van der Waals surface area contributed by atoms with Crippen LogP contribution in [0.1, 0.15) is 26.2 Å². The normalized spacial score (nSPS) is 14.0. The van der Waals surface area contributed by atoms with E-state index in [-0.39, 0.29) is 36.7 Å². The predicted octanol–water partition coefficient (Wildman–Crippen LogP) is 3.22. The molecule has 0 radical (unpaired) electrons. The lowest BCUT2D eigenvalue weighted by atomic mass is 9.95. The number of hydrogen-bond acceptors (Lipinski definition) is 5. The Balaban J connectivity index is 1.47. The molecule has 0 spiro atoms. The summed E-state index contributed by atoms with van der Waals surface area (Å²) >= 11 is 0. The number of nitrogens with one attached hydrogen (secondary N) is 2. The van der Waals surface area contributed by atoms with E-state index in [1.54, 1.807) is 24.1 Å². The number of carbonyl (C=O) groups is 3. The van der Waals surface area contributed by atoms with Crippen molar-refractivity contribution in [3.8, 4) is 5.75 Å². The average Bonchev–Trinajstić information content (AvgIpc) is 2.85. The van der Waals surface area contributed by atoms with Crippen molar-refractivity contribution in [2.45, 2.75) is 26.2 Å². The van der Waals surface area contributed by atoms with E-state index in [2.05, 4.69) is 10.6 Å². The maximum Gasteiger partial charge on any atom is 0.238 e. The van der Waals surface area contributed by atoms with E-state index in [0.717, 1.165) is 12.1 Å². The van der Waals surface area contributed by atoms with Gasteiger partial charge >= 0.3 is 0 Å². The lowest BCUT2D eigenvalue weighted by molar-refractivity contribution is -0.136. The molecule has 8 nitrogen and oxygen atoms in total. The molecule has 0 aromatic heterocycles. The van der Waals surface area contributed by atoms with Crippen LogP contribution in [0, 0.1) is 5.92 Å². The zero-order valence-corrected chi connectivity index (χ0v) is 20.0. The Morgan fingerprint density at radius 2 is 1.65 bits per heavy atom. The second-order valence-corrected chi connectivity index (χ2v) is 8.47. The van der Waals surface area contributed by atoms with Gasteiger partial charge in [-0.15, -0.1) is 0 Å². The van der Waals surface area contributed by atoms with Gasteiger partial charge in [0.1, 0.15) is 5.75 Å². The molecule has 1 aliphatic rings. The Bertz CT molecular complexity index is 958. The van der Waals surface area contributed by atoms with E-state index in [4.69, 9.17) is 4.74 Å². The Morgan fingerprint density at radius 1 is 0.971 bits per heavy atom. The van der Waals surface area contributed by atoms with Crippen molar-refractivity contribution in [2.24, 2.45) is 5.92 Å². The Labute approximate surface area is 201 Å². The first-order valence-electron chi connectivity index (χ1n) is 11.8. The van der Waals surface area contributed by atoms with E-state index in [1.807, 2.05) is 54.3 Å². The molecular formula is C26H34N4O4. The summed E-state index contributed by atoms with van der Waals surface area (Å²) in [5, 5.41) is 5.82. The van der Waals surface area contributed by atoms with Gasteiger partial charge in [-0.1, -0.05) is 37.3 Å². The quantitative estimate of drug-likeness (QED) is 0.561. The highest BCUT2D eigenvalue weighted by Gasteiger charge is 2.28. The molecule has 8 heteroatoms. The number of carbonyl (C=O) groups excluding carboxylic acids is 3. The molecule has 3 amide bonds. The molecule has 3 rings (SSSR count). The van der Waals surface area contributed by atoms with Gasteiger partial charge in [0.25, 0.3) is 0 Å². The van der Waals surface area contributed by atoms with Crippen LogP contribution >= 0.6 is 0 Å². The van der Waals surface area contributed by atoms with Crippen LogP contribution in [0.2, 0.25) is 0 Å². The second kappa shape index (κ2) is 12.7. The summed E-state index contributed by atoms with van der Waals surface area (Å²) in [5.41, 5.74) is 1.39. The number of anilines is 2. The summed E-state index contributed by atoms with van der Waals surface area (Å²) in [6, 6.07) is 16.6. The summed E-state index contributed by atoms with van der Waals surface area (Å²) < 4.78 is 5.28. The average molecular weight is 467 g/mol. The minimum Gasteiger partial charge on any atom is -0.495 e. The first-order valence-corrected chi connectivity index (χ1v) is 11.8. The molecule has 0 bridgehead atoms. The summed E-state index contributed by atoms with van der Waals surface area (Å²) in [4.78, 5) is 41.7. The zero-order chi connectivity index (χ0) is 24.3. The molecule has 2 aromatic carbocycles. The monoisotopic (exact) mass is 466 g/mol. The number of ether oxygens (including phenoxy) is 1. The molecule has 0 unspecified atom stereocenters. The lowest BCUT2D eigenvalue weighted by Gasteiger charge is -2.33. The first kappa shape index (κ1) is 25.2. The fourth-order valence-electron chi connectivity index (χ4n) is 4.12. The third kappa shape index (κ3) is 7.31. The summed E-state index contributed by atoms with van der Waals surface area (Å²) in [5.74, 6) is 0.275. The maximum atomic E-state index is 12.9.